The zero-order valence-corrected chi connectivity index (χ0v) is 18.5. The van der Waals surface area contributed by atoms with Gasteiger partial charge in [0.05, 0.1) is 27.2 Å². The van der Waals surface area contributed by atoms with Crippen LogP contribution in [0.3, 0.4) is 0 Å². The number of amides is 1. The highest BCUT2D eigenvalue weighted by atomic mass is 32.2. The highest BCUT2D eigenvalue weighted by Gasteiger charge is 2.25. The SMILES string of the molecule is CS(=O)(=O)c1ccc(CC(=O)Nc2c3c(nn2-c2nc4ccccc4s2)CCC3)cc1. The lowest BCUT2D eigenvalue weighted by molar-refractivity contribution is -0.115. The molecule has 0 saturated heterocycles. The second kappa shape index (κ2) is 7.58. The molecule has 0 bridgehead atoms. The minimum absolute atomic E-state index is 0.143. The number of para-hydroxylation sites is 1. The summed E-state index contributed by atoms with van der Waals surface area (Å²) in [6.45, 7) is 0. The predicted molar refractivity (Wildman–Crippen MR) is 121 cm³/mol. The minimum Gasteiger partial charge on any atom is -0.310 e. The van der Waals surface area contributed by atoms with E-state index in [0.717, 1.165) is 51.4 Å². The Labute approximate surface area is 183 Å². The average molecular weight is 453 g/mol. The fourth-order valence-corrected chi connectivity index (χ4v) is 5.38. The molecular weight excluding hydrogens is 432 g/mol. The van der Waals surface area contributed by atoms with Crippen molar-refractivity contribution in [3.8, 4) is 5.13 Å². The molecule has 1 amide bonds. The number of rotatable bonds is 5. The number of fused-ring (bicyclic) bond motifs is 2. The highest BCUT2D eigenvalue weighted by molar-refractivity contribution is 7.90. The summed E-state index contributed by atoms with van der Waals surface area (Å²) in [5.41, 5.74) is 3.72. The van der Waals surface area contributed by atoms with Gasteiger partial charge < -0.3 is 5.32 Å². The Hall–Kier alpha value is -3.04. The van der Waals surface area contributed by atoms with Crippen molar-refractivity contribution in [1.82, 2.24) is 14.8 Å². The minimum atomic E-state index is -3.26. The molecular formula is C22H20N4O3S2. The van der Waals surface area contributed by atoms with Gasteiger partial charge >= 0.3 is 0 Å². The van der Waals surface area contributed by atoms with E-state index in [-0.39, 0.29) is 17.2 Å². The zero-order valence-electron chi connectivity index (χ0n) is 16.8. The van der Waals surface area contributed by atoms with Crippen molar-refractivity contribution >= 4 is 43.1 Å². The van der Waals surface area contributed by atoms with Crippen LogP contribution in [0.4, 0.5) is 5.82 Å². The Balaban J connectivity index is 1.43. The van der Waals surface area contributed by atoms with Gasteiger partial charge in [0.25, 0.3) is 0 Å². The first-order valence-electron chi connectivity index (χ1n) is 9.94. The van der Waals surface area contributed by atoms with Gasteiger partial charge in [-0.15, -0.1) is 0 Å². The summed E-state index contributed by atoms with van der Waals surface area (Å²) >= 11 is 1.54. The van der Waals surface area contributed by atoms with Crippen molar-refractivity contribution in [2.24, 2.45) is 0 Å². The number of thiazole rings is 1. The van der Waals surface area contributed by atoms with Crippen LogP contribution in [0.15, 0.2) is 53.4 Å². The number of nitrogens with one attached hydrogen (secondary N) is 1. The standard InChI is InChI=1S/C22H20N4O3S2/c1-31(28,29)15-11-9-14(10-12-15)13-20(27)24-21-16-5-4-7-17(16)25-26(21)22-23-18-6-2-3-8-19(18)30-22/h2-3,6,8-12H,4-5,7,13H2,1H3,(H,24,27). The van der Waals surface area contributed by atoms with E-state index in [4.69, 9.17) is 10.1 Å². The van der Waals surface area contributed by atoms with Gasteiger partial charge in [-0.25, -0.2) is 13.4 Å². The van der Waals surface area contributed by atoms with Crippen molar-refractivity contribution in [3.05, 3.63) is 65.4 Å². The summed E-state index contributed by atoms with van der Waals surface area (Å²) in [6, 6.07) is 14.3. The molecule has 7 nitrogen and oxygen atoms in total. The van der Waals surface area contributed by atoms with Gasteiger partial charge in [0.2, 0.25) is 11.0 Å². The number of carbonyl (C=O) groups excluding carboxylic acids is 1. The number of anilines is 1. The first kappa shape index (κ1) is 19.9. The first-order valence-corrected chi connectivity index (χ1v) is 12.6. The second-order valence-corrected chi connectivity index (χ2v) is 10.7. The van der Waals surface area contributed by atoms with Crippen LogP contribution in [0, 0.1) is 0 Å². The molecule has 158 valence electrons. The number of nitrogens with zero attached hydrogens (tertiary/aromatic N) is 3. The lowest BCUT2D eigenvalue weighted by Crippen LogP contribution is -2.18. The molecule has 1 aliphatic rings. The number of aryl methyl sites for hydroxylation is 1. The van der Waals surface area contributed by atoms with Crippen LogP contribution < -0.4 is 5.32 Å². The number of carbonyl (C=O) groups is 1. The molecule has 1 aliphatic carbocycles. The fourth-order valence-electron chi connectivity index (χ4n) is 3.83. The molecule has 2 heterocycles. The maximum Gasteiger partial charge on any atom is 0.229 e. The van der Waals surface area contributed by atoms with E-state index < -0.39 is 9.84 Å². The van der Waals surface area contributed by atoms with E-state index in [2.05, 4.69) is 5.32 Å². The van der Waals surface area contributed by atoms with Gasteiger partial charge in [0, 0.05) is 11.8 Å². The number of hydrogen-bond donors (Lipinski definition) is 1. The van der Waals surface area contributed by atoms with Gasteiger partial charge in [0.1, 0.15) is 5.82 Å². The van der Waals surface area contributed by atoms with Crippen LogP contribution in [-0.2, 0) is 33.9 Å². The van der Waals surface area contributed by atoms with Gasteiger partial charge in [-0.3, -0.25) is 4.79 Å². The van der Waals surface area contributed by atoms with E-state index in [1.54, 1.807) is 16.8 Å². The molecule has 0 saturated carbocycles. The van der Waals surface area contributed by atoms with E-state index >= 15 is 0 Å². The molecule has 0 atom stereocenters. The maximum atomic E-state index is 12.8. The molecule has 0 aliphatic heterocycles. The van der Waals surface area contributed by atoms with Crippen LogP contribution in [0.1, 0.15) is 23.2 Å². The predicted octanol–water partition coefficient (Wildman–Crippen LogP) is 3.56. The van der Waals surface area contributed by atoms with Crippen molar-refractivity contribution in [2.75, 3.05) is 11.6 Å². The van der Waals surface area contributed by atoms with E-state index in [1.165, 1.54) is 29.7 Å². The number of benzene rings is 2. The first-order chi connectivity index (χ1) is 14.9. The fraction of sp³-hybridized carbons (Fsp3) is 0.227. The molecule has 0 radical (unpaired) electrons. The van der Waals surface area contributed by atoms with Crippen molar-refractivity contribution in [1.29, 1.82) is 0 Å². The summed E-state index contributed by atoms with van der Waals surface area (Å²) in [4.78, 5) is 17.8. The molecule has 5 rings (SSSR count). The van der Waals surface area contributed by atoms with Crippen LogP contribution in [-0.4, -0.2) is 35.3 Å². The quantitative estimate of drug-likeness (QED) is 0.500. The Morgan fingerprint density at radius 3 is 2.65 bits per heavy atom. The molecule has 0 fully saturated rings. The number of sulfone groups is 1. The van der Waals surface area contributed by atoms with Crippen molar-refractivity contribution < 1.29 is 13.2 Å². The maximum absolute atomic E-state index is 12.8. The zero-order chi connectivity index (χ0) is 21.6. The lowest BCUT2D eigenvalue weighted by Gasteiger charge is -2.09. The third-order valence-electron chi connectivity index (χ3n) is 5.34. The molecule has 0 spiro atoms. The highest BCUT2D eigenvalue weighted by Crippen LogP contribution is 2.33. The summed E-state index contributed by atoms with van der Waals surface area (Å²) in [7, 11) is -3.26. The summed E-state index contributed by atoms with van der Waals surface area (Å²) < 4.78 is 26.1. The third-order valence-corrected chi connectivity index (χ3v) is 7.49. The Morgan fingerprint density at radius 2 is 1.90 bits per heavy atom. The lowest BCUT2D eigenvalue weighted by atomic mass is 10.1. The summed E-state index contributed by atoms with van der Waals surface area (Å²) in [6.07, 6.45) is 4.10. The Bertz CT molecular complexity index is 1370. The summed E-state index contributed by atoms with van der Waals surface area (Å²) in [5, 5.41) is 8.50. The Kier molecular flexibility index (Phi) is 4.86. The normalized spacial score (nSPS) is 13.5. The van der Waals surface area contributed by atoms with Crippen LogP contribution in [0.2, 0.25) is 0 Å². The van der Waals surface area contributed by atoms with Crippen molar-refractivity contribution in [2.45, 2.75) is 30.6 Å². The van der Waals surface area contributed by atoms with Crippen LogP contribution in [0.5, 0.6) is 0 Å². The smallest absolute Gasteiger partial charge is 0.229 e. The van der Waals surface area contributed by atoms with E-state index in [9.17, 15) is 13.2 Å². The van der Waals surface area contributed by atoms with Gasteiger partial charge in [0.15, 0.2) is 9.84 Å². The molecule has 4 aromatic rings. The second-order valence-electron chi connectivity index (χ2n) is 7.64. The topological polar surface area (TPSA) is 94.0 Å². The molecule has 31 heavy (non-hydrogen) atoms. The summed E-state index contributed by atoms with van der Waals surface area (Å²) in [5.74, 6) is 0.508. The van der Waals surface area contributed by atoms with Gasteiger partial charge in [-0.2, -0.15) is 9.78 Å². The van der Waals surface area contributed by atoms with Crippen LogP contribution in [0.25, 0.3) is 15.3 Å². The number of hydrogen-bond acceptors (Lipinski definition) is 6. The largest absolute Gasteiger partial charge is 0.310 e. The molecule has 9 heteroatoms. The van der Waals surface area contributed by atoms with Crippen LogP contribution >= 0.6 is 11.3 Å². The molecule has 2 aromatic heterocycles. The molecule has 0 unspecified atom stereocenters. The van der Waals surface area contributed by atoms with Gasteiger partial charge in [-0.1, -0.05) is 35.6 Å². The monoisotopic (exact) mass is 452 g/mol. The third kappa shape index (κ3) is 3.86. The number of aromatic nitrogens is 3. The van der Waals surface area contributed by atoms with E-state index in [1.807, 2.05) is 24.3 Å². The van der Waals surface area contributed by atoms with E-state index in [0.29, 0.717) is 5.82 Å². The molecule has 1 N–H and O–H groups in total. The average Bonchev–Trinajstić information content (AvgIpc) is 3.42. The Morgan fingerprint density at radius 1 is 1.13 bits per heavy atom. The molecule has 2 aromatic carbocycles. The van der Waals surface area contributed by atoms with Crippen molar-refractivity contribution in [3.63, 3.8) is 0 Å². The van der Waals surface area contributed by atoms with Gasteiger partial charge in [-0.05, 0) is 49.1 Å².